The molecule has 0 aromatic carbocycles. The van der Waals surface area contributed by atoms with Gasteiger partial charge >= 0.3 is 5.97 Å². The van der Waals surface area contributed by atoms with E-state index in [4.69, 9.17) is 24.7 Å². The maximum absolute atomic E-state index is 12.3. The van der Waals surface area contributed by atoms with Crippen molar-refractivity contribution in [2.45, 2.75) is 146 Å². The van der Waals surface area contributed by atoms with Crippen LogP contribution in [0.1, 0.15) is 96.8 Å². The van der Waals surface area contributed by atoms with Gasteiger partial charge in [0, 0.05) is 38.8 Å². The van der Waals surface area contributed by atoms with Crippen LogP contribution in [0.2, 0.25) is 0 Å². The SMILES string of the molecule is CNCC(C[NH2+]C)OC1CC(C2OC3C(CCC4C5C(CC(O)CC5OC)CC5(CCC(CC6CCC(N)[NH2+]C6)C5)C43)C2COC(C)=O)CCC1O. The number of aliphatic hydroxyl groups is 2. The number of carbonyl (C=O) groups excluding carboxylic acids is 1. The third-order valence-corrected chi connectivity index (χ3v) is 15.7. The number of likely N-dealkylation sites (N-methyl/N-ethyl adjacent to an activating group) is 2. The lowest BCUT2D eigenvalue weighted by Gasteiger charge is -2.61. The first-order valence-electron chi connectivity index (χ1n) is 21.5. The minimum Gasteiger partial charge on any atom is -0.465 e. The lowest BCUT2D eigenvalue weighted by Crippen LogP contribution is -2.95. The van der Waals surface area contributed by atoms with Crippen LogP contribution >= 0.6 is 0 Å². The molecule has 0 radical (unpaired) electrons. The number of methoxy groups -OCH3 is 1. The highest BCUT2D eigenvalue weighted by atomic mass is 16.5. The summed E-state index contributed by atoms with van der Waals surface area (Å²) in [4.78, 5) is 12.3. The molecule has 5 saturated carbocycles. The summed E-state index contributed by atoms with van der Waals surface area (Å²) in [5, 5.41) is 30.1. The number of rotatable bonds is 12. The van der Waals surface area contributed by atoms with Gasteiger partial charge in [-0.3, -0.25) is 10.5 Å². The van der Waals surface area contributed by atoms with Crippen molar-refractivity contribution in [3.63, 3.8) is 0 Å². The number of ether oxygens (including phenoxy) is 4. The molecule has 7 rings (SSSR count). The molecule has 2 aliphatic heterocycles. The highest BCUT2D eigenvalue weighted by Crippen LogP contribution is 2.68. The van der Waals surface area contributed by atoms with Gasteiger partial charge in [-0.1, -0.05) is 0 Å². The molecule has 9 N–H and O–H groups in total. The van der Waals surface area contributed by atoms with E-state index >= 15 is 0 Å². The van der Waals surface area contributed by atoms with Gasteiger partial charge in [0.25, 0.3) is 0 Å². The lowest BCUT2D eigenvalue weighted by molar-refractivity contribution is -0.703. The first kappa shape index (κ1) is 39.3. The fourth-order valence-corrected chi connectivity index (χ4v) is 13.8. The van der Waals surface area contributed by atoms with Crippen molar-refractivity contribution >= 4 is 5.97 Å². The largest absolute Gasteiger partial charge is 0.465 e. The molecule has 298 valence electrons. The van der Waals surface area contributed by atoms with Crippen LogP contribution in [0.3, 0.4) is 0 Å². The van der Waals surface area contributed by atoms with Gasteiger partial charge in [0.05, 0.1) is 56.8 Å². The summed E-state index contributed by atoms with van der Waals surface area (Å²) in [6.45, 7) is 4.68. The summed E-state index contributed by atoms with van der Waals surface area (Å²) in [5.41, 5.74) is 6.46. The first-order valence-corrected chi connectivity index (χ1v) is 21.5. The zero-order valence-electron chi connectivity index (χ0n) is 32.7. The number of nitrogens with two attached hydrogens (primary N) is 3. The molecule has 0 amide bonds. The summed E-state index contributed by atoms with van der Waals surface area (Å²) in [6, 6.07) is 0. The van der Waals surface area contributed by atoms with Crippen LogP contribution in [-0.4, -0.2) is 113 Å². The number of hydrogen-bond donors (Lipinski definition) is 6. The van der Waals surface area contributed by atoms with Gasteiger partial charge in [-0.05, 0) is 137 Å². The fourth-order valence-electron chi connectivity index (χ4n) is 13.8. The molecule has 2 saturated heterocycles. The monoisotopic (exact) mass is 735 g/mol. The van der Waals surface area contributed by atoms with Gasteiger partial charge in [-0.25, -0.2) is 0 Å². The van der Waals surface area contributed by atoms with Crippen LogP contribution in [0, 0.1) is 58.7 Å². The average molecular weight is 735 g/mol. The molecule has 18 unspecified atom stereocenters. The van der Waals surface area contributed by atoms with Crippen molar-refractivity contribution in [1.29, 1.82) is 0 Å². The minimum absolute atomic E-state index is 0.0208. The average Bonchev–Trinajstić information content (AvgIpc) is 3.69. The summed E-state index contributed by atoms with van der Waals surface area (Å²) in [6.07, 6.45) is 14.4. The quantitative estimate of drug-likeness (QED) is 0.161. The highest BCUT2D eigenvalue weighted by Gasteiger charge is 2.65. The van der Waals surface area contributed by atoms with E-state index in [9.17, 15) is 15.0 Å². The Labute approximate surface area is 312 Å². The van der Waals surface area contributed by atoms with Crippen LogP contribution in [0.4, 0.5) is 0 Å². The Morgan fingerprint density at radius 2 is 1.83 bits per heavy atom. The number of quaternary nitrogens is 2. The molecule has 52 heavy (non-hydrogen) atoms. The van der Waals surface area contributed by atoms with Crippen molar-refractivity contribution in [1.82, 2.24) is 5.32 Å². The van der Waals surface area contributed by atoms with E-state index in [0.29, 0.717) is 42.6 Å². The van der Waals surface area contributed by atoms with E-state index < -0.39 is 6.10 Å². The minimum atomic E-state index is -0.480. The predicted molar refractivity (Wildman–Crippen MR) is 197 cm³/mol. The summed E-state index contributed by atoms with van der Waals surface area (Å²) < 4.78 is 26.4. The van der Waals surface area contributed by atoms with Crippen LogP contribution in [0.25, 0.3) is 0 Å². The maximum Gasteiger partial charge on any atom is 0.302 e. The highest BCUT2D eigenvalue weighted by molar-refractivity contribution is 5.65. The van der Waals surface area contributed by atoms with Crippen molar-refractivity contribution < 1.29 is 44.6 Å². The predicted octanol–water partition coefficient (Wildman–Crippen LogP) is 1.14. The van der Waals surface area contributed by atoms with Crippen LogP contribution < -0.4 is 21.7 Å². The number of piperidine rings is 1. The van der Waals surface area contributed by atoms with Crippen LogP contribution in [0.15, 0.2) is 0 Å². The topological polar surface area (TPSA) is 166 Å². The number of aliphatic hydroxyl groups excluding tert-OH is 2. The van der Waals surface area contributed by atoms with Crippen LogP contribution in [0.5, 0.6) is 0 Å². The third kappa shape index (κ3) is 8.15. The Bertz CT molecular complexity index is 1170. The third-order valence-electron chi connectivity index (χ3n) is 15.7. The molecule has 5 aliphatic carbocycles. The van der Waals surface area contributed by atoms with E-state index in [-0.39, 0.29) is 66.0 Å². The van der Waals surface area contributed by atoms with Gasteiger partial charge in [0.1, 0.15) is 18.8 Å². The standard InChI is InChI=1S/C41H72N4O7/c1-23(46)50-22-32-30-7-8-31-37-27(14-28(47)16-35(37)49-4)18-41(12-11-24(17-41)13-25-5-10-36(42)45-19-25)38(31)40(30)52-39(32)26-6-9-33(48)34(15-26)51-29(20-43-2)21-44-3/h24-40,43-45,47-48H,5-22,42H2,1-4H3/p+2. The van der Waals surface area contributed by atoms with Crippen molar-refractivity contribution in [2.75, 3.05) is 47.4 Å². The second-order valence-corrected chi connectivity index (χ2v) is 18.8. The smallest absolute Gasteiger partial charge is 0.302 e. The Morgan fingerprint density at radius 3 is 2.56 bits per heavy atom. The number of fused-ring (bicyclic) bond motifs is 6. The zero-order valence-corrected chi connectivity index (χ0v) is 32.7. The van der Waals surface area contributed by atoms with Crippen molar-refractivity contribution in [2.24, 2.45) is 64.4 Å². The Morgan fingerprint density at radius 1 is 1.00 bits per heavy atom. The van der Waals surface area contributed by atoms with E-state index in [1.807, 2.05) is 14.2 Å². The van der Waals surface area contributed by atoms with Crippen molar-refractivity contribution in [3.8, 4) is 0 Å². The molecule has 7 aliphatic rings. The van der Waals surface area contributed by atoms with E-state index in [2.05, 4.69) is 23.0 Å². The second kappa shape index (κ2) is 17.1. The molecule has 18 atom stereocenters. The zero-order chi connectivity index (χ0) is 36.6. The molecule has 2 heterocycles. The number of nitrogens with one attached hydrogen (secondary N) is 1. The van der Waals surface area contributed by atoms with Gasteiger partial charge in [0.15, 0.2) is 0 Å². The number of hydrogen-bond acceptors (Lipinski definition) is 9. The molecular formula is C41H74N4O7+2. The Hall–Kier alpha value is -0.890. The second-order valence-electron chi connectivity index (χ2n) is 18.8. The number of carbonyl (C=O) groups is 1. The summed E-state index contributed by atoms with van der Waals surface area (Å²) >= 11 is 0. The Balaban J connectivity index is 1.17. The molecule has 0 aromatic heterocycles. The van der Waals surface area contributed by atoms with Gasteiger partial charge in [0.2, 0.25) is 0 Å². The molecule has 1 spiro atoms. The fraction of sp³-hybridized carbons (Fsp3) is 0.976. The molecular weight excluding hydrogens is 660 g/mol. The first-order chi connectivity index (χ1) is 25.1. The molecule has 7 fully saturated rings. The van der Waals surface area contributed by atoms with Gasteiger partial charge in [-0.2, -0.15) is 0 Å². The van der Waals surface area contributed by atoms with Crippen molar-refractivity contribution in [3.05, 3.63) is 0 Å². The maximum atomic E-state index is 12.3. The van der Waals surface area contributed by atoms with Gasteiger partial charge in [-0.15, -0.1) is 0 Å². The molecule has 11 nitrogen and oxygen atoms in total. The van der Waals surface area contributed by atoms with Gasteiger partial charge < -0.3 is 45.1 Å². The summed E-state index contributed by atoms with van der Waals surface area (Å²) in [5.74, 6) is 3.91. The van der Waals surface area contributed by atoms with E-state index in [1.54, 1.807) is 0 Å². The lowest BCUT2D eigenvalue weighted by atomic mass is 9.45. The summed E-state index contributed by atoms with van der Waals surface area (Å²) in [7, 11) is 5.87. The number of esters is 1. The molecule has 0 aromatic rings. The molecule has 0 bridgehead atoms. The normalized spacial score (nSPS) is 48.1. The van der Waals surface area contributed by atoms with E-state index in [0.717, 1.165) is 76.4 Å². The Kier molecular flexibility index (Phi) is 12.9. The van der Waals surface area contributed by atoms with E-state index in [1.165, 1.54) is 45.4 Å². The van der Waals surface area contributed by atoms with Crippen LogP contribution in [-0.2, 0) is 23.7 Å². The molecule has 11 heteroatoms.